The standard InChI is InChI=1S/C27H30F2N2O5S.ClH/c1-34-24-14-13-18(16-26(24)36-3)37(32,33)31(23-11-6-10-22(23)30)27-17(7-4-12-25(27)35-2)15-19-20(28)8-5-9-21(19)29;/h4-5,7-9,12-14,16,22-23H,6,10-11,15,30H2,1-3H3;1H/t22-,23+;/m0./s1. The van der Waals surface area contributed by atoms with Crippen molar-refractivity contribution in [1.29, 1.82) is 0 Å². The number of anilines is 1. The van der Waals surface area contributed by atoms with Gasteiger partial charge in [0.05, 0.1) is 38.0 Å². The molecule has 11 heteroatoms. The molecule has 0 heterocycles. The average molecular weight is 569 g/mol. The monoisotopic (exact) mass is 568 g/mol. The van der Waals surface area contributed by atoms with Crippen LogP contribution < -0.4 is 24.2 Å². The van der Waals surface area contributed by atoms with Crippen LogP contribution in [0, 0.1) is 11.6 Å². The van der Waals surface area contributed by atoms with E-state index >= 15 is 0 Å². The molecule has 1 saturated carbocycles. The van der Waals surface area contributed by atoms with E-state index < -0.39 is 33.7 Å². The van der Waals surface area contributed by atoms with Crippen LogP contribution >= 0.6 is 12.4 Å². The first kappa shape index (κ1) is 29.5. The zero-order valence-corrected chi connectivity index (χ0v) is 23.0. The summed E-state index contributed by atoms with van der Waals surface area (Å²) in [5.74, 6) is -0.579. The summed E-state index contributed by atoms with van der Waals surface area (Å²) in [5, 5.41) is 0. The molecule has 0 aliphatic heterocycles. The number of methoxy groups -OCH3 is 3. The molecule has 3 aromatic rings. The van der Waals surface area contributed by atoms with E-state index in [4.69, 9.17) is 19.9 Å². The van der Waals surface area contributed by atoms with E-state index in [2.05, 4.69) is 0 Å². The van der Waals surface area contributed by atoms with Crippen LogP contribution in [0.25, 0.3) is 0 Å². The van der Waals surface area contributed by atoms with Gasteiger partial charge >= 0.3 is 0 Å². The van der Waals surface area contributed by atoms with E-state index in [9.17, 15) is 17.2 Å². The summed E-state index contributed by atoms with van der Waals surface area (Å²) in [4.78, 5) is -0.0434. The molecule has 38 heavy (non-hydrogen) atoms. The molecule has 0 radical (unpaired) electrons. The lowest BCUT2D eigenvalue weighted by molar-refractivity contribution is 0.354. The van der Waals surface area contributed by atoms with E-state index in [0.717, 1.165) is 6.42 Å². The van der Waals surface area contributed by atoms with Crippen molar-refractivity contribution >= 4 is 28.1 Å². The minimum atomic E-state index is -4.25. The highest BCUT2D eigenvalue weighted by Gasteiger charge is 2.40. The highest BCUT2D eigenvalue weighted by molar-refractivity contribution is 7.92. The summed E-state index contributed by atoms with van der Waals surface area (Å²) in [6, 6.07) is 11.8. The zero-order chi connectivity index (χ0) is 26.7. The van der Waals surface area contributed by atoms with Crippen LogP contribution in [0.4, 0.5) is 14.5 Å². The van der Waals surface area contributed by atoms with Crippen molar-refractivity contribution in [3.63, 3.8) is 0 Å². The predicted molar refractivity (Wildman–Crippen MR) is 144 cm³/mol. The van der Waals surface area contributed by atoms with Gasteiger partial charge in [0.25, 0.3) is 10.0 Å². The molecule has 1 fully saturated rings. The van der Waals surface area contributed by atoms with Gasteiger partial charge in [0.15, 0.2) is 11.5 Å². The number of hydrogen-bond acceptors (Lipinski definition) is 6. The maximum atomic E-state index is 14.6. The third kappa shape index (κ3) is 5.52. The van der Waals surface area contributed by atoms with Gasteiger partial charge < -0.3 is 19.9 Å². The van der Waals surface area contributed by atoms with Crippen molar-refractivity contribution in [1.82, 2.24) is 0 Å². The topological polar surface area (TPSA) is 91.1 Å². The van der Waals surface area contributed by atoms with Crippen molar-refractivity contribution in [2.24, 2.45) is 5.73 Å². The molecule has 1 aliphatic rings. The molecule has 0 aromatic heterocycles. The Bertz CT molecular complexity index is 1370. The van der Waals surface area contributed by atoms with Gasteiger partial charge in [0, 0.05) is 24.1 Å². The average Bonchev–Trinajstić information content (AvgIpc) is 3.31. The number of ether oxygens (including phenoxy) is 3. The smallest absolute Gasteiger partial charge is 0.264 e. The van der Waals surface area contributed by atoms with Gasteiger partial charge in [-0.3, -0.25) is 4.31 Å². The molecule has 0 spiro atoms. The number of benzene rings is 3. The van der Waals surface area contributed by atoms with Crippen LogP contribution in [-0.2, 0) is 16.4 Å². The fraction of sp³-hybridized carbons (Fsp3) is 0.333. The fourth-order valence-electron chi connectivity index (χ4n) is 4.83. The van der Waals surface area contributed by atoms with Gasteiger partial charge in [-0.1, -0.05) is 18.2 Å². The zero-order valence-electron chi connectivity index (χ0n) is 21.3. The molecular weight excluding hydrogens is 538 g/mol. The van der Waals surface area contributed by atoms with Gasteiger partial charge in [0.2, 0.25) is 0 Å². The highest BCUT2D eigenvalue weighted by Crippen LogP contribution is 2.42. The Morgan fingerprint density at radius 3 is 2.11 bits per heavy atom. The number of nitrogens with zero attached hydrogens (tertiary/aromatic N) is 1. The normalized spacial score (nSPS) is 17.0. The Balaban J connectivity index is 0.00000400. The Morgan fingerprint density at radius 1 is 0.895 bits per heavy atom. The molecule has 3 aromatic carbocycles. The van der Waals surface area contributed by atoms with Crippen LogP contribution in [0.1, 0.15) is 30.4 Å². The molecule has 206 valence electrons. The quantitative estimate of drug-likeness (QED) is 0.387. The lowest BCUT2D eigenvalue weighted by atomic mass is 10.0. The van der Waals surface area contributed by atoms with Crippen LogP contribution in [0.15, 0.2) is 59.5 Å². The second kappa shape index (κ2) is 12.2. The Hall–Kier alpha value is -3.08. The lowest BCUT2D eigenvalue weighted by Gasteiger charge is -2.35. The summed E-state index contributed by atoms with van der Waals surface area (Å²) in [5.41, 5.74) is 6.83. The van der Waals surface area contributed by atoms with Crippen LogP contribution in [-0.4, -0.2) is 41.8 Å². The summed E-state index contributed by atoms with van der Waals surface area (Å²) >= 11 is 0. The number of rotatable bonds is 9. The first-order valence-corrected chi connectivity index (χ1v) is 13.3. The minimum absolute atomic E-state index is 0. The molecular formula is C27H31ClF2N2O5S. The van der Waals surface area contributed by atoms with Crippen molar-refractivity contribution in [2.75, 3.05) is 25.6 Å². The Kier molecular flexibility index (Phi) is 9.45. The molecule has 1 aliphatic carbocycles. The Morgan fingerprint density at radius 2 is 1.53 bits per heavy atom. The van der Waals surface area contributed by atoms with Gasteiger partial charge in [-0.05, 0) is 55.2 Å². The first-order valence-electron chi connectivity index (χ1n) is 11.8. The number of para-hydroxylation sites is 1. The van der Waals surface area contributed by atoms with Gasteiger partial charge in [-0.15, -0.1) is 12.4 Å². The number of nitrogens with two attached hydrogens (primary N) is 1. The van der Waals surface area contributed by atoms with E-state index in [-0.39, 0.29) is 46.5 Å². The van der Waals surface area contributed by atoms with E-state index in [0.29, 0.717) is 24.2 Å². The van der Waals surface area contributed by atoms with Crippen LogP contribution in [0.2, 0.25) is 0 Å². The van der Waals surface area contributed by atoms with Crippen LogP contribution in [0.3, 0.4) is 0 Å². The maximum absolute atomic E-state index is 14.6. The van der Waals surface area contributed by atoms with Gasteiger partial charge in [-0.25, -0.2) is 17.2 Å². The van der Waals surface area contributed by atoms with E-state index in [1.807, 2.05) is 0 Å². The fourth-order valence-corrected chi connectivity index (χ4v) is 6.62. The molecule has 0 amide bonds. The molecule has 0 unspecified atom stereocenters. The summed E-state index contributed by atoms with van der Waals surface area (Å²) < 4.78 is 75.3. The molecule has 4 rings (SSSR count). The predicted octanol–water partition coefficient (Wildman–Crippen LogP) is 5.08. The Labute approximate surface area is 228 Å². The molecule has 2 N–H and O–H groups in total. The van der Waals surface area contributed by atoms with Crippen molar-refractivity contribution in [3.05, 3.63) is 77.4 Å². The number of hydrogen-bond donors (Lipinski definition) is 1. The van der Waals surface area contributed by atoms with Crippen molar-refractivity contribution < 1.29 is 31.4 Å². The third-order valence-electron chi connectivity index (χ3n) is 6.70. The van der Waals surface area contributed by atoms with Crippen molar-refractivity contribution in [3.8, 4) is 17.2 Å². The molecule has 2 atom stereocenters. The lowest BCUT2D eigenvalue weighted by Crippen LogP contribution is -2.48. The molecule has 0 bridgehead atoms. The largest absolute Gasteiger partial charge is 0.495 e. The highest BCUT2D eigenvalue weighted by atomic mass is 35.5. The first-order chi connectivity index (χ1) is 17.7. The number of sulfonamides is 1. The van der Waals surface area contributed by atoms with Crippen LogP contribution in [0.5, 0.6) is 17.2 Å². The second-order valence-electron chi connectivity index (χ2n) is 8.82. The maximum Gasteiger partial charge on any atom is 0.264 e. The molecule has 0 saturated heterocycles. The SMILES string of the molecule is COc1ccc(S(=O)(=O)N(c2c(Cc3c(F)cccc3F)cccc2OC)[C@@H]2CCC[C@@H]2N)cc1OC.Cl. The summed E-state index contributed by atoms with van der Waals surface area (Å²) in [7, 11) is 0.0474. The summed E-state index contributed by atoms with van der Waals surface area (Å²) in [6.07, 6.45) is 1.69. The van der Waals surface area contributed by atoms with Gasteiger partial charge in [-0.2, -0.15) is 0 Å². The number of halogens is 3. The van der Waals surface area contributed by atoms with E-state index in [1.54, 1.807) is 18.2 Å². The van der Waals surface area contributed by atoms with Crippen molar-refractivity contribution in [2.45, 2.75) is 42.7 Å². The third-order valence-corrected chi connectivity index (χ3v) is 8.52. The second-order valence-corrected chi connectivity index (χ2v) is 10.6. The summed E-state index contributed by atoms with van der Waals surface area (Å²) in [6.45, 7) is 0. The molecule has 7 nitrogen and oxygen atoms in total. The minimum Gasteiger partial charge on any atom is -0.495 e. The van der Waals surface area contributed by atoms with Gasteiger partial charge in [0.1, 0.15) is 17.4 Å². The van der Waals surface area contributed by atoms with E-state index in [1.165, 1.54) is 62.0 Å².